The highest BCUT2D eigenvalue weighted by Gasteiger charge is 2.34. The van der Waals surface area contributed by atoms with Gasteiger partial charge in [0.2, 0.25) is 47.3 Å². The fourth-order valence-electron chi connectivity index (χ4n) is 9.91. The summed E-state index contributed by atoms with van der Waals surface area (Å²) < 4.78 is 0. The lowest BCUT2D eigenvalue weighted by atomic mass is 9.99. The predicted molar refractivity (Wildman–Crippen MR) is 339 cm³/mol. The average molecular weight is 1220 g/mol. The molecule has 0 bridgehead atoms. The van der Waals surface area contributed by atoms with Crippen molar-refractivity contribution < 1.29 is 48.3 Å². The third-order valence-electron chi connectivity index (χ3n) is 14.8. The molecule has 22 nitrogen and oxygen atoms in total. The largest absolute Gasteiger partial charge is 0.480 e. The van der Waals surface area contributed by atoms with Crippen LogP contribution in [0.15, 0.2) is 121 Å². The van der Waals surface area contributed by atoms with E-state index in [1.165, 1.54) is 0 Å². The molecular formula is C66H96N12O10. The molecule has 4 rings (SSSR count). The molecule has 88 heavy (non-hydrogen) atoms. The summed E-state index contributed by atoms with van der Waals surface area (Å²) in [6.45, 7) is 7.93. The maximum Gasteiger partial charge on any atom is 0.326 e. The Morgan fingerprint density at radius 1 is 0.364 bits per heavy atom. The second-order valence-electron chi connectivity index (χ2n) is 23.3. The molecule has 0 heterocycles. The summed E-state index contributed by atoms with van der Waals surface area (Å²) in [7, 11) is 0. The highest BCUT2D eigenvalue weighted by molar-refractivity contribution is 5.96. The molecule has 17 N–H and O–H groups in total. The Balaban J connectivity index is 1.37. The highest BCUT2D eigenvalue weighted by Crippen LogP contribution is 2.14. The quantitative estimate of drug-likeness (QED) is 0.0284. The van der Waals surface area contributed by atoms with E-state index in [0.717, 1.165) is 22.3 Å². The van der Waals surface area contributed by atoms with Gasteiger partial charge in [-0.1, -0.05) is 149 Å². The van der Waals surface area contributed by atoms with E-state index in [0.29, 0.717) is 25.7 Å². The third-order valence-corrected chi connectivity index (χ3v) is 14.8. The van der Waals surface area contributed by atoms with Crippen LogP contribution in [0.3, 0.4) is 0 Å². The van der Waals surface area contributed by atoms with Crippen LogP contribution in [0, 0.1) is 11.8 Å². The van der Waals surface area contributed by atoms with Gasteiger partial charge in [0, 0.05) is 13.0 Å². The number of nitrogens with one attached hydrogen (secondary N) is 8. The van der Waals surface area contributed by atoms with E-state index in [9.17, 15) is 48.3 Å². The second-order valence-corrected chi connectivity index (χ2v) is 23.3. The Bertz CT molecular complexity index is 2780. The molecule has 4 aromatic rings. The molecule has 9 atom stereocenters. The van der Waals surface area contributed by atoms with Gasteiger partial charge in [0.1, 0.15) is 42.3 Å². The molecule has 22 heteroatoms. The number of aryl methyl sites for hydroxylation is 2. The smallest absolute Gasteiger partial charge is 0.326 e. The third kappa shape index (κ3) is 27.3. The number of hydrogen-bond acceptors (Lipinski definition) is 13. The molecule has 0 saturated heterocycles. The Labute approximate surface area is 518 Å². The Morgan fingerprint density at radius 3 is 1.16 bits per heavy atom. The minimum atomic E-state index is -1.39. The van der Waals surface area contributed by atoms with E-state index in [1.807, 2.05) is 137 Å². The lowest BCUT2D eigenvalue weighted by Gasteiger charge is -2.27. The number of hydrogen-bond donors (Lipinski definition) is 13. The predicted octanol–water partition coefficient (Wildman–Crippen LogP) is 2.73. The van der Waals surface area contributed by atoms with Gasteiger partial charge < -0.3 is 70.6 Å². The van der Waals surface area contributed by atoms with Crippen LogP contribution in [0.1, 0.15) is 121 Å². The molecular weight excluding hydrogens is 1120 g/mol. The van der Waals surface area contributed by atoms with Crippen molar-refractivity contribution >= 4 is 53.2 Å². The minimum absolute atomic E-state index is 0.0486. The molecule has 0 fully saturated rings. The van der Waals surface area contributed by atoms with Crippen molar-refractivity contribution in [2.24, 2.45) is 34.8 Å². The first-order chi connectivity index (χ1) is 42.2. The van der Waals surface area contributed by atoms with E-state index in [1.54, 1.807) is 12.1 Å². The van der Waals surface area contributed by atoms with Gasteiger partial charge in [-0.3, -0.25) is 38.4 Å². The maximum atomic E-state index is 14.2. The maximum absolute atomic E-state index is 14.2. The van der Waals surface area contributed by atoms with Gasteiger partial charge in [-0.05, 0) is 137 Å². The van der Waals surface area contributed by atoms with Gasteiger partial charge in [0.15, 0.2) is 0 Å². The van der Waals surface area contributed by atoms with E-state index in [-0.39, 0.29) is 102 Å². The van der Waals surface area contributed by atoms with Crippen LogP contribution in [0.25, 0.3) is 0 Å². The Kier molecular flexibility index (Phi) is 32.7. The first-order valence-corrected chi connectivity index (χ1v) is 30.9. The second kappa shape index (κ2) is 39.7. The number of carbonyl (C=O) groups is 9. The Hall–Kier alpha value is -8.05. The van der Waals surface area contributed by atoms with E-state index < -0.39 is 108 Å². The molecule has 0 unspecified atom stereocenters. The van der Waals surface area contributed by atoms with Crippen LogP contribution in [0.4, 0.5) is 0 Å². The van der Waals surface area contributed by atoms with Crippen LogP contribution in [-0.4, -0.2) is 132 Å². The molecule has 0 spiro atoms. The van der Waals surface area contributed by atoms with Gasteiger partial charge in [-0.25, -0.2) is 4.79 Å². The van der Waals surface area contributed by atoms with Crippen molar-refractivity contribution in [3.63, 3.8) is 0 Å². The zero-order valence-corrected chi connectivity index (χ0v) is 51.6. The molecule has 0 saturated carbocycles. The zero-order valence-electron chi connectivity index (χ0n) is 51.6. The number of rotatable bonds is 41. The van der Waals surface area contributed by atoms with E-state index in [2.05, 4.69) is 42.5 Å². The number of unbranched alkanes of at least 4 members (excludes halogenated alkanes) is 1. The lowest BCUT2D eigenvalue weighted by Crippen LogP contribution is -2.59. The van der Waals surface area contributed by atoms with Gasteiger partial charge in [0.05, 0.1) is 12.1 Å². The minimum Gasteiger partial charge on any atom is -0.480 e. The summed E-state index contributed by atoms with van der Waals surface area (Å²) in [5, 5.41) is 32.4. The van der Waals surface area contributed by atoms with Crippen molar-refractivity contribution in [2.75, 3.05) is 19.6 Å². The number of aliphatic carboxylic acids is 1. The van der Waals surface area contributed by atoms with Crippen molar-refractivity contribution in [1.29, 1.82) is 0 Å². The molecule has 0 aliphatic heterocycles. The summed E-state index contributed by atoms with van der Waals surface area (Å²) in [5.74, 6) is -6.44. The van der Waals surface area contributed by atoms with Crippen LogP contribution >= 0.6 is 0 Å². The normalized spacial score (nSPS) is 14.3. The molecule has 0 aromatic heterocycles. The standard InChI is InChI=1S/C66H96N12O10/c1-43(2)39-55(77-62(83)53(35-33-46-23-11-6-12-24-46)72-59(80)50(70)41-47-25-13-7-14-26-47)63(84)73-51(30-19-36-67)60(81)71-38-18-17-29-54(66(87)88)75-61(82)52(31-20-37-68)74-64(85)56(40-44(3)4)78-65(86)57(42-48-27-15-8-16-28-48)76-58(79)49(69)34-32-45-21-9-5-10-22-45/h5-16,21-28,43-44,49-57H,17-20,29-42,67-70H2,1-4H3,(H,71,81)(H,72,80)(H,73,84)(H,74,85)(H,75,82)(H,76,79)(H,77,83)(H,78,86)(H,87,88)/t49-,50-,51-,52-,53-,54-,55-,56-,57-/m1/s1. The number of carboxylic acid groups (broad SMARTS) is 1. The molecule has 4 aromatic carbocycles. The number of nitrogens with two attached hydrogens (primary N) is 4. The fourth-order valence-corrected chi connectivity index (χ4v) is 9.91. The number of carboxylic acids is 1. The van der Waals surface area contributed by atoms with Crippen LogP contribution in [0.2, 0.25) is 0 Å². The molecule has 0 aliphatic rings. The fraction of sp³-hybridized carbons (Fsp3) is 0.500. The zero-order chi connectivity index (χ0) is 64.4. The average Bonchev–Trinajstić information content (AvgIpc) is 3.66. The lowest BCUT2D eigenvalue weighted by molar-refractivity contribution is -0.142. The summed E-state index contributed by atoms with van der Waals surface area (Å²) in [6, 6.07) is 27.3. The SMILES string of the molecule is CC(C)C[C@@H](NC(=O)[C@@H](CCc1ccccc1)NC(=O)[C@H](N)Cc1ccccc1)C(=O)N[C@H](CCCN)C(=O)NCCCC[C@@H](NC(=O)[C@@H](CCCN)NC(=O)[C@@H](CC(C)C)NC(=O)[C@@H](Cc1ccccc1)NC(=O)[C@H](N)CCc1ccccc1)C(=O)O. The van der Waals surface area contributed by atoms with Crippen LogP contribution in [-0.2, 0) is 68.8 Å². The van der Waals surface area contributed by atoms with Gasteiger partial charge in [0.25, 0.3) is 0 Å². The molecule has 0 aliphatic carbocycles. The van der Waals surface area contributed by atoms with Crippen molar-refractivity contribution in [1.82, 2.24) is 42.5 Å². The molecule has 0 radical (unpaired) electrons. The monoisotopic (exact) mass is 1220 g/mol. The van der Waals surface area contributed by atoms with Crippen LogP contribution < -0.4 is 65.5 Å². The summed E-state index contributed by atoms with van der Waals surface area (Å²) in [4.78, 5) is 124. The van der Waals surface area contributed by atoms with Crippen molar-refractivity contribution in [3.8, 4) is 0 Å². The van der Waals surface area contributed by atoms with Crippen molar-refractivity contribution in [2.45, 2.75) is 178 Å². The molecule has 8 amide bonds. The number of benzene rings is 4. The summed E-state index contributed by atoms with van der Waals surface area (Å²) in [5.41, 5.74) is 27.9. The van der Waals surface area contributed by atoms with Gasteiger partial charge in [-0.15, -0.1) is 0 Å². The van der Waals surface area contributed by atoms with E-state index >= 15 is 0 Å². The first-order valence-electron chi connectivity index (χ1n) is 30.9. The number of carbonyl (C=O) groups excluding carboxylic acids is 8. The van der Waals surface area contributed by atoms with Crippen LogP contribution in [0.5, 0.6) is 0 Å². The van der Waals surface area contributed by atoms with Gasteiger partial charge >= 0.3 is 5.97 Å². The first kappa shape index (κ1) is 72.4. The highest BCUT2D eigenvalue weighted by atomic mass is 16.4. The van der Waals surface area contributed by atoms with E-state index in [4.69, 9.17) is 22.9 Å². The van der Waals surface area contributed by atoms with Crippen molar-refractivity contribution in [3.05, 3.63) is 144 Å². The van der Waals surface area contributed by atoms with Gasteiger partial charge in [-0.2, -0.15) is 0 Å². The summed E-state index contributed by atoms with van der Waals surface area (Å²) >= 11 is 0. The Morgan fingerprint density at radius 2 is 0.705 bits per heavy atom. The molecule has 480 valence electrons. The topological polar surface area (TPSA) is 374 Å². The summed E-state index contributed by atoms with van der Waals surface area (Å²) in [6.07, 6.45) is 3.52. The number of amides is 8.